The molecule has 1 fully saturated rings. The average molecular weight is 326 g/mol. The molecule has 0 saturated carbocycles. The largest absolute Gasteiger partial charge is 0.346 e. The van der Waals surface area contributed by atoms with Crippen LogP contribution in [-0.4, -0.2) is 27.7 Å². The van der Waals surface area contributed by atoms with E-state index in [1.807, 2.05) is 10.6 Å². The van der Waals surface area contributed by atoms with Crippen LogP contribution >= 0.6 is 11.3 Å². The third-order valence-electron chi connectivity index (χ3n) is 5.15. The first-order valence-corrected chi connectivity index (χ1v) is 9.08. The normalized spacial score (nSPS) is 21.4. The van der Waals surface area contributed by atoms with Gasteiger partial charge in [-0.25, -0.2) is 9.50 Å². The molecule has 4 nitrogen and oxygen atoms in total. The number of hydrogen-bond acceptors (Lipinski definition) is 4. The molecular formula is C18H22N4S. The van der Waals surface area contributed by atoms with E-state index in [0.29, 0.717) is 5.41 Å². The Balaban J connectivity index is 1.68. The average Bonchev–Trinajstić information content (AvgIpc) is 3.24. The summed E-state index contributed by atoms with van der Waals surface area (Å²) in [6, 6.07) is 10.3. The fourth-order valence-corrected chi connectivity index (χ4v) is 4.28. The predicted octanol–water partition coefficient (Wildman–Crippen LogP) is 4.39. The van der Waals surface area contributed by atoms with Gasteiger partial charge in [0.05, 0.1) is 11.4 Å². The molecule has 23 heavy (non-hydrogen) atoms. The minimum atomic E-state index is 0.429. The first-order valence-electron chi connectivity index (χ1n) is 8.26. The summed E-state index contributed by atoms with van der Waals surface area (Å²) in [5.41, 5.74) is 3.74. The molecule has 0 spiro atoms. The van der Waals surface area contributed by atoms with Gasteiger partial charge in [-0.1, -0.05) is 55.5 Å². The number of rotatable bonds is 3. The van der Waals surface area contributed by atoms with Crippen molar-refractivity contribution in [2.75, 3.05) is 18.0 Å². The minimum absolute atomic E-state index is 0.429. The number of fused-ring (bicyclic) bond motifs is 1. The fraction of sp³-hybridized carbons (Fsp3) is 0.444. The Labute approximate surface area is 140 Å². The van der Waals surface area contributed by atoms with Gasteiger partial charge in [-0.15, -0.1) is 5.10 Å². The lowest BCUT2D eigenvalue weighted by atomic mass is 9.87. The van der Waals surface area contributed by atoms with Gasteiger partial charge in [0.15, 0.2) is 0 Å². The number of benzene rings is 1. The maximum absolute atomic E-state index is 4.84. The predicted molar refractivity (Wildman–Crippen MR) is 96.3 cm³/mol. The molecule has 0 radical (unpaired) electrons. The number of aromatic nitrogens is 3. The van der Waals surface area contributed by atoms with Crippen LogP contribution < -0.4 is 4.90 Å². The topological polar surface area (TPSA) is 33.4 Å². The van der Waals surface area contributed by atoms with E-state index in [1.165, 1.54) is 12.8 Å². The molecule has 1 aliphatic heterocycles. The van der Waals surface area contributed by atoms with E-state index < -0.39 is 0 Å². The lowest BCUT2D eigenvalue weighted by molar-refractivity contribution is 0.355. The number of nitrogens with zero attached hydrogens (tertiary/aromatic N) is 4. The van der Waals surface area contributed by atoms with Crippen LogP contribution in [0.25, 0.3) is 16.2 Å². The molecule has 1 unspecified atom stereocenters. The van der Waals surface area contributed by atoms with Crippen molar-refractivity contribution in [2.45, 2.75) is 33.6 Å². The smallest absolute Gasteiger partial charge is 0.214 e. The van der Waals surface area contributed by atoms with Crippen LogP contribution in [-0.2, 0) is 0 Å². The molecule has 0 N–H and O–H groups in total. The maximum Gasteiger partial charge on any atom is 0.214 e. The molecule has 0 amide bonds. The molecule has 1 saturated heterocycles. The first-order chi connectivity index (χ1) is 11.1. The van der Waals surface area contributed by atoms with E-state index in [2.05, 4.69) is 49.9 Å². The molecule has 120 valence electrons. The molecule has 2 aromatic heterocycles. The van der Waals surface area contributed by atoms with E-state index in [9.17, 15) is 0 Å². The highest BCUT2D eigenvalue weighted by molar-refractivity contribution is 7.20. The number of hydrogen-bond donors (Lipinski definition) is 0. The van der Waals surface area contributed by atoms with Gasteiger partial charge in [0.2, 0.25) is 10.1 Å². The van der Waals surface area contributed by atoms with Crippen molar-refractivity contribution >= 4 is 21.4 Å². The van der Waals surface area contributed by atoms with Gasteiger partial charge in [0.1, 0.15) is 0 Å². The zero-order valence-electron chi connectivity index (χ0n) is 13.9. The first kappa shape index (κ1) is 14.7. The summed E-state index contributed by atoms with van der Waals surface area (Å²) in [4.78, 5) is 8.23. The lowest BCUT2D eigenvalue weighted by Crippen LogP contribution is -2.24. The Bertz CT molecular complexity index is 835. The Morgan fingerprint density at radius 2 is 2.04 bits per heavy atom. The molecule has 0 aliphatic carbocycles. The molecule has 3 aromatic rings. The summed E-state index contributed by atoms with van der Waals surface area (Å²) in [6.07, 6.45) is 2.48. The van der Waals surface area contributed by atoms with Crippen molar-refractivity contribution in [1.82, 2.24) is 14.6 Å². The van der Waals surface area contributed by atoms with Crippen molar-refractivity contribution in [1.29, 1.82) is 0 Å². The zero-order chi connectivity index (χ0) is 16.0. The molecule has 5 heteroatoms. The Hall–Kier alpha value is -1.88. The number of anilines is 1. The highest BCUT2D eigenvalue weighted by atomic mass is 32.1. The van der Waals surface area contributed by atoms with Gasteiger partial charge in [0, 0.05) is 18.7 Å². The van der Waals surface area contributed by atoms with Crippen LogP contribution in [0.2, 0.25) is 0 Å². The summed E-state index contributed by atoms with van der Waals surface area (Å²) in [5, 5.41) is 5.94. The maximum atomic E-state index is 4.84. The van der Waals surface area contributed by atoms with Crippen LogP contribution in [0.3, 0.4) is 0 Å². The molecule has 4 rings (SSSR count). The standard InChI is InChI=1S/C18H22N4S/c1-4-18(3)10-11-21(12-18)17-20-22-13(2)15(19-16(22)23-17)14-8-6-5-7-9-14/h5-9H,4,10-12H2,1-3H3. The third kappa shape index (κ3) is 2.43. The SMILES string of the molecule is CCC1(C)CCN(c2nn3c(C)c(-c4ccccc4)nc3s2)C1. The van der Waals surface area contributed by atoms with E-state index in [1.54, 1.807) is 11.3 Å². The van der Waals surface area contributed by atoms with Gasteiger partial charge in [-0.2, -0.15) is 0 Å². The molecule has 1 aliphatic rings. The second kappa shape index (κ2) is 5.34. The van der Waals surface area contributed by atoms with Gasteiger partial charge in [-0.3, -0.25) is 0 Å². The van der Waals surface area contributed by atoms with E-state index in [4.69, 9.17) is 10.1 Å². The summed E-state index contributed by atoms with van der Waals surface area (Å²) < 4.78 is 2.00. The number of aryl methyl sites for hydroxylation is 1. The van der Waals surface area contributed by atoms with Gasteiger partial charge >= 0.3 is 0 Å². The Morgan fingerprint density at radius 3 is 2.70 bits per heavy atom. The van der Waals surface area contributed by atoms with Crippen molar-refractivity contribution in [3.05, 3.63) is 36.0 Å². The zero-order valence-corrected chi connectivity index (χ0v) is 14.7. The summed E-state index contributed by atoms with van der Waals surface area (Å²) in [7, 11) is 0. The highest BCUT2D eigenvalue weighted by Gasteiger charge is 2.33. The van der Waals surface area contributed by atoms with E-state index in [-0.39, 0.29) is 0 Å². The molecule has 1 atom stereocenters. The minimum Gasteiger partial charge on any atom is -0.346 e. The second-order valence-electron chi connectivity index (χ2n) is 6.83. The Kier molecular flexibility index (Phi) is 3.41. The van der Waals surface area contributed by atoms with Gasteiger partial charge < -0.3 is 4.90 Å². The molecule has 0 bridgehead atoms. The molecular weight excluding hydrogens is 304 g/mol. The van der Waals surface area contributed by atoms with E-state index in [0.717, 1.165) is 40.1 Å². The van der Waals surface area contributed by atoms with Crippen LogP contribution in [0.4, 0.5) is 5.13 Å². The summed E-state index contributed by atoms with van der Waals surface area (Å²) >= 11 is 1.70. The van der Waals surface area contributed by atoms with Crippen LogP contribution in [0.5, 0.6) is 0 Å². The summed E-state index contributed by atoms with van der Waals surface area (Å²) in [5.74, 6) is 0. The van der Waals surface area contributed by atoms with Crippen molar-refractivity contribution in [3.8, 4) is 11.3 Å². The van der Waals surface area contributed by atoms with Crippen molar-refractivity contribution < 1.29 is 0 Å². The van der Waals surface area contributed by atoms with Crippen molar-refractivity contribution in [3.63, 3.8) is 0 Å². The number of imidazole rings is 1. The van der Waals surface area contributed by atoms with Crippen molar-refractivity contribution in [2.24, 2.45) is 5.41 Å². The second-order valence-corrected chi connectivity index (χ2v) is 7.76. The monoisotopic (exact) mass is 326 g/mol. The van der Waals surface area contributed by atoms with Gasteiger partial charge in [-0.05, 0) is 25.2 Å². The van der Waals surface area contributed by atoms with E-state index >= 15 is 0 Å². The summed E-state index contributed by atoms with van der Waals surface area (Å²) in [6.45, 7) is 8.97. The lowest BCUT2D eigenvalue weighted by Gasteiger charge is -2.21. The third-order valence-corrected chi connectivity index (χ3v) is 6.12. The highest BCUT2D eigenvalue weighted by Crippen LogP contribution is 2.38. The Morgan fingerprint density at radius 1 is 1.26 bits per heavy atom. The van der Waals surface area contributed by atoms with Crippen LogP contribution in [0.15, 0.2) is 30.3 Å². The molecule has 3 heterocycles. The van der Waals surface area contributed by atoms with Crippen LogP contribution in [0.1, 0.15) is 32.4 Å². The van der Waals surface area contributed by atoms with Gasteiger partial charge in [0.25, 0.3) is 0 Å². The quantitative estimate of drug-likeness (QED) is 0.715. The molecule has 1 aromatic carbocycles. The fourth-order valence-electron chi connectivity index (χ4n) is 3.31. The van der Waals surface area contributed by atoms with Crippen LogP contribution in [0, 0.1) is 12.3 Å².